The predicted molar refractivity (Wildman–Crippen MR) is 82.2 cm³/mol. The van der Waals surface area contributed by atoms with Crippen molar-refractivity contribution in [3.8, 4) is 0 Å². The average molecular weight is 290 g/mol. The first-order valence-corrected chi connectivity index (χ1v) is 8.18. The van der Waals surface area contributed by atoms with E-state index in [2.05, 4.69) is 33.7 Å². The number of benzene rings is 1. The summed E-state index contributed by atoms with van der Waals surface area (Å²) >= 11 is 6.16. The monoisotopic (exact) mass is 289 g/mol. The predicted octanol–water partition coefficient (Wildman–Crippen LogP) is 3.57. The second-order valence-corrected chi connectivity index (χ2v) is 6.24. The van der Waals surface area contributed by atoms with Gasteiger partial charge in [0.2, 0.25) is 0 Å². The molecule has 0 amide bonds. The maximum Gasteiger partial charge on any atom is 0.125 e. The van der Waals surface area contributed by atoms with Gasteiger partial charge in [0.15, 0.2) is 0 Å². The maximum atomic E-state index is 6.16. The number of piperidine rings is 1. The minimum atomic E-state index is 0.498. The fourth-order valence-electron chi connectivity index (χ4n) is 4.08. The standard InChI is InChI=1S/C16H20ClN3/c17-11-16-18-12-5-1-2-6-13(12)20(16)15-8-10-19-9-4-3-7-14(15)19/h1-2,5-6,14-15H,3-4,7-11H2. The van der Waals surface area contributed by atoms with Crippen molar-refractivity contribution in [3.63, 3.8) is 0 Å². The molecule has 20 heavy (non-hydrogen) atoms. The van der Waals surface area contributed by atoms with Crippen LogP contribution in [-0.4, -0.2) is 33.6 Å². The van der Waals surface area contributed by atoms with Gasteiger partial charge in [-0.15, -0.1) is 11.6 Å². The molecule has 2 atom stereocenters. The summed E-state index contributed by atoms with van der Waals surface area (Å²) in [5.41, 5.74) is 2.33. The quantitative estimate of drug-likeness (QED) is 0.788. The SMILES string of the molecule is ClCc1nc2ccccc2n1C1CCN2CCCCC12. The van der Waals surface area contributed by atoms with Crippen LogP contribution in [0.3, 0.4) is 0 Å². The van der Waals surface area contributed by atoms with Gasteiger partial charge in [-0.3, -0.25) is 4.90 Å². The van der Waals surface area contributed by atoms with E-state index in [0.29, 0.717) is 18.0 Å². The lowest BCUT2D eigenvalue weighted by Crippen LogP contribution is -2.38. The van der Waals surface area contributed by atoms with Gasteiger partial charge in [-0.1, -0.05) is 18.6 Å². The normalized spacial score (nSPS) is 27.1. The van der Waals surface area contributed by atoms with Crippen molar-refractivity contribution in [2.24, 2.45) is 0 Å². The van der Waals surface area contributed by atoms with Gasteiger partial charge in [0, 0.05) is 12.6 Å². The summed E-state index contributed by atoms with van der Waals surface area (Å²) in [6, 6.07) is 9.67. The van der Waals surface area contributed by atoms with E-state index in [1.165, 1.54) is 44.3 Å². The first kappa shape index (κ1) is 12.7. The Kier molecular flexibility index (Phi) is 3.20. The van der Waals surface area contributed by atoms with Gasteiger partial charge in [-0.2, -0.15) is 0 Å². The molecule has 2 aromatic rings. The van der Waals surface area contributed by atoms with E-state index in [0.717, 1.165) is 11.3 Å². The summed E-state index contributed by atoms with van der Waals surface area (Å²) < 4.78 is 2.43. The molecular formula is C16H20ClN3. The number of hydrogen-bond acceptors (Lipinski definition) is 2. The zero-order valence-corrected chi connectivity index (χ0v) is 12.4. The summed E-state index contributed by atoms with van der Waals surface area (Å²) in [5.74, 6) is 1.53. The summed E-state index contributed by atoms with van der Waals surface area (Å²) in [5, 5.41) is 0. The Morgan fingerprint density at radius 3 is 2.90 bits per heavy atom. The van der Waals surface area contributed by atoms with Gasteiger partial charge in [0.1, 0.15) is 5.82 Å². The van der Waals surface area contributed by atoms with E-state index in [9.17, 15) is 0 Å². The lowest BCUT2D eigenvalue weighted by Gasteiger charge is -2.33. The number of aromatic nitrogens is 2. The molecule has 0 N–H and O–H groups in total. The van der Waals surface area contributed by atoms with Crippen molar-refractivity contribution >= 4 is 22.6 Å². The molecular weight excluding hydrogens is 270 g/mol. The Morgan fingerprint density at radius 1 is 1.10 bits per heavy atom. The fraction of sp³-hybridized carbons (Fsp3) is 0.562. The summed E-state index contributed by atoms with van der Waals surface area (Å²) in [6.07, 6.45) is 5.27. The Bertz CT molecular complexity index is 621. The molecule has 2 aliphatic rings. The summed E-state index contributed by atoms with van der Waals surface area (Å²) in [4.78, 5) is 7.39. The number of imidazole rings is 1. The highest BCUT2D eigenvalue weighted by molar-refractivity contribution is 6.16. The Labute approximate surface area is 124 Å². The Hall–Kier alpha value is -1.06. The van der Waals surface area contributed by atoms with Crippen molar-refractivity contribution in [1.29, 1.82) is 0 Å². The van der Waals surface area contributed by atoms with Crippen LogP contribution in [0.1, 0.15) is 37.5 Å². The molecule has 1 aromatic carbocycles. The number of halogens is 1. The minimum Gasteiger partial charge on any atom is -0.322 e. The van der Waals surface area contributed by atoms with E-state index < -0.39 is 0 Å². The topological polar surface area (TPSA) is 21.1 Å². The molecule has 4 heteroatoms. The molecule has 3 nitrogen and oxygen atoms in total. The number of fused-ring (bicyclic) bond motifs is 2. The van der Waals surface area contributed by atoms with Crippen molar-refractivity contribution < 1.29 is 0 Å². The number of hydrogen-bond donors (Lipinski definition) is 0. The molecule has 1 aromatic heterocycles. The first-order chi connectivity index (χ1) is 9.88. The van der Waals surface area contributed by atoms with Crippen LogP contribution in [0, 0.1) is 0 Å². The van der Waals surface area contributed by atoms with Crippen LogP contribution >= 0.6 is 11.6 Å². The molecule has 0 aliphatic carbocycles. The van der Waals surface area contributed by atoms with Crippen LogP contribution in [0.2, 0.25) is 0 Å². The highest BCUT2D eigenvalue weighted by atomic mass is 35.5. The first-order valence-electron chi connectivity index (χ1n) is 7.64. The minimum absolute atomic E-state index is 0.498. The smallest absolute Gasteiger partial charge is 0.125 e. The molecule has 2 unspecified atom stereocenters. The van der Waals surface area contributed by atoms with Gasteiger partial charge in [0.05, 0.1) is 23.0 Å². The molecule has 0 radical (unpaired) electrons. The van der Waals surface area contributed by atoms with Crippen LogP contribution in [0.5, 0.6) is 0 Å². The Balaban J connectivity index is 1.81. The van der Waals surface area contributed by atoms with Crippen molar-refractivity contribution in [3.05, 3.63) is 30.1 Å². The molecule has 0 saturated carbocycles. The second-order valence-electron chi connectivity index (χ2n) is 5.98. The van der Waals surface area contributed by atoms with E-state index in [-0.39, 0.29) is 0 Å². The van der Waals surface area contributed by atoms with Crippen LogP contribution in [0.4, 0.5) is 0 Å². The van der Waals surface area contributed by atoms with E-state index in [4.69, 9.17) is 16.6 Å². The van der Waals surface area contributed by atoms with Crippen molar-refractivity contribution in [1.82, 2.24) is 14.5 Å². The van der Waals surface area contributed by atoms with Crippen LogP contribution in [0.15, 0.2) is 24.3 Å². The largest absolute Gasteiger partial charge is 0.322 e. The van der Waals surface area contributed by atoms with Gasteiger partial charge < -0.3 is 4.57 Å². The number of rotatable bonds is 2. The summed E-state index contributed by atoms with van der Waals surface area (Å²) in [6.45, 7) is 2.49. The lowest BCUT2D eigenvalue weighted by atomic mass is 9.98. The molecule has 2 saturated heterocycles. The molecule has 2 fully saturated rings. The number of alkyl halides is 1. The highest BCUT2D eigenvalue weighted by Crippen LogP contribution is 2.37. The Morgan fingerprint density at radius 2 is 2.00 bits per heavy atom. The van der Waals surface area contributed by atoms with Crippen LogP contribution < -0.4 is 0 Å². The second kappa shape index (κ2) is 5.05. The third kappa shape index (κ3) is 1.87. The zero-order valence-electron chi connectivity index (χ0n) is 11.6. The van der Waals surface area contributed by atoms with Gasteiger partial charge in [-0.25, -0.2) is 4.98 Å². The summed E-state index contributed by atoms with van der Waals surface area (Å²) in [7, 11) is 0. The molecule has 0 bridgehead atoms. The molecule has 2 aliphatic heterocycles. The van der Waals surface area contributed by atoms with Crippen molar-refractivity contribution in [2.75, 3.05) is 13.1 Å². The van der Waals surface area contributed by atoms with E-state index in [1.54, 1.807) is 0 Å². The zero-order chi connectivity index (χ0) is 13.5. The van der Waals surface area contributed by atoms with Crippen molar-refractivity contribution in [2.45, 2.75) is 43.6 Å². The molecule has 0 spiro atoms. The molecule has 3 heterocycles. The average Bonchev–Trinajstić information content (AvgIpc) is 3.07. The van der Waals surface area contributed by atoms with Gasteiger partial charge in [-0.05, 0) is 37.9 Å². The maximum absolute atomic E-state index is 6.16. The fourth-order valence-corrected chi connectivity index (χ4v) is 4.27. The third-order valence-electron chi connectivity index (χ3n) is 4.94. The van der Waals surface area contributed by atoms with Gasteiger partial charge in [0.25, 0.3) is 0 Å². The molecule has 106 valence electrons. The third-order valence-corrected chi connectivity index (χ3v) is 5.18. The van der Waals surface area contributed by atoms with Crippen LogP contribution in [-0.2, 0) is 5.88 Å². The molecule has 4 rings (SSSR count). The van der Waals surface area contributed by atoms with Gasteiger partial charge >= 0.3 is 0 Å². The lowest BCUT2D eigenvalue weighted by molar-refractivity contribution is 0.174. The number of para-hydroxylation sites is 2. The van der Waals surface area contributed by atoms with E-state index in [1.807, 2.05) is 0 Å². The highest BCUT2D eigenvalue weighted by Gasteiger charge is 2.37. The van der Waals surface area contributed by atoms with Crippen LogP contribution in [0.25, 0.3) is 11.0 Å². The van der Waals surface area contributed by atoms with E-state index >= 15 is 0 Å². The number of nitrogens with zero attached hydrogens (tertiary/aromatic N) is 3.